The lowest BCUT2D eigenvalue weighted by molar-refractivity contribution is 0.251. The van der Waals surface area contributed by atoms with Gasteiger partial charge in [0.15, 0.2) is 0 Å². The third kappa shape index (κ3) is 3.71. The van der Waals surface area contributed by atoms with Crippen LogP contribution < -0.4 is 15.4 Å². The molecule has 4 rings (SSSR count). The molecule has 27 heavy (non-hydrogen) atoms. The number of carbonyl (C=O) groups excluding carboxylic acids is 1. The molecule has 140 valence electrons. The van der Waals surface area contributed by atoms with Crippen molar-refractivity contribution < 1.29 is 9.53 Å². The predicted octanol–water partition coefficient (Wildman–Crippen LogP) is 4.75. The van der Waals surface area contributed by atoms with Gasteiger partial charge in [-0.05, 0) is 55.5 Å². The summed E-state index contributed by atoms with van der Waals surface area (Å²) in [5.74, 6) is 0.647. The zero-order valence-corrected chi connectivity index (χ0v) is 16.1. The third-order valence-corrected chi connectivity index (χ3v) is 6.23. The molecule has 5 nitrogen and oxygen atoms in total. The molecule has 2 aromatic heterocycles. The number of amides is 2. The molecule has 2 amide bonds. The molecule has 2 heterocycles. The summed E-state index contributed by atoms with van der Waals surface area (Å²) in [5.41, 5.74) is 3.32. The molecule has 1 aliphatic rings. The Morgan fingerprint density at radius 1 is 1.15 bits per heavy atom. The molecule has 0 radical (unpaired) electrons. The van der Waals surface area contributed by atoms with E-state index in [1.807, 2.05) is 47.7 Å². The minimum absolute atomic E-state index is 0.228. The molecule has 0 atom stereocenters. The predicted molar refractivity (Wildman–Crippen MR) is 109 cm³/mol. The number of ether oxygens (including phenoxy) is 1. The Morgan fingerprint density at radius 2 is 1.93 bits per heavy atom. The zero-order valence-electron chi connectivity index (χ0n) is 15.3. The average molecular weight is 382 g/mol. The van der Waals surface area contributed by atoms with E-state index < -0.39 is 0 Å². The van der Waals surface area contributed by atoms with Gasteiger partial charge in [0.05, 0.1) is 12.8 Å². The maximum Gasteiger partial charge on any atom is 0.319 e. The highest BCUT2D eigenvalue weighted by Gasteiger charge is 2.21. The number of thiophene rings is 1. The van der Waals surface area contributed by atoms with E-state index in [9.17, 15) is 4.79 Å². The van der Waals surface area contributed by atoms with Crippen molar-refractivity contribution in [3.63, 3.8) is 0 Å². The lowest BCUT2D eigenvalue weighted by atomic mass is 9.95. The van der Waals surface area contributed by atoms with Gasteiger partial charge in [-0.2, -0.15) is 0 Å². The SMILES string of the molecule is COc1ccccc1NC(=O)NCc1c(-n2cccc2)sc2c1CCCC2. The van der Waals surface area contributed by atoms with Crippen LogP contribution in [0.5, 0.6) is 5.75 Å². The van der Waals surface area contributed by atoms with Crippen LogP contribution in [0.2, 0.25) is 0 Å². The number of fused-ring (bicyclic) bond motifs is 1. The number of anilines is 1. The Kier molecular flexibility index (Phi) is 5.16. The quantitative estimate of drug-likeness (QED) is 0.670. The van der Waals surface area contributed by atoms with Crippen LogP contribution in [0.15, 0.2) is 48.8 Å². The van der Waals surface area contributed by atoms with E-state index >= 15 is 0 Å². The van der Waals surface area contributed by atoms with Crippen molar-refractivity contribution in [3.05, 3.63) is 64.8 Å². The van der Waals surface area contributed by atoms with Gasteiger partial charge in [0.1, 0.15) is 10.8 Å². The van der Waals surface area contributed by atoms with Crippen LogP contribution in [0.4, 0.5) is 10.5 Å². The summed E-state index contributed by atoms with van der Waals surface area (Å²) >= 11 is 1.85. The zero-order chi connectivity index (χ0) is 18.6. The fourth-order valence-electron chi connectivity index (χ4n) is 3.56. The minimum Gasteiger partial charge on any atom is -0.495 e. The second-order valence-electron chi connectivity index (χ2n) is 6.59. The molecular weight excluding hydrogens is 358 g/mol. The van der Waals surface area contributed by atoms with Crippen LogP contribution in [0, 0.1) is 0 Å². The van der Waals surface area contributed by atoms with Gasteiger partial charge in [-0.15, -0.1) is 11.3 Å². The first-order chi connectivity index (χ1) is 13.3. The Hall–Kier alpha value is -2.73. The Labute approximate surface area is 163 Å². The molecular formula is C21H23N3O2S. The summed E-state index contributed by atoms with van der Waals surface area (Å²) in [4.78, 5) is 13.9. The monoisotopic (exact) mass is 381 g/mol. The smallest absolute Gasteiger partial charge is 0.319 e. The lowest BCUT2D eigenvalue weighted by Crippen LogP contribution is -2.29. The van der Waals surface area contributed by atoms with Crippen molar-refractivity contribution in [3.8, 4) is 10.8 Å². The van der Waals surface area contributed by atoms with Gasteiger partial charge >= 0.3 is 6.03 Å². The van der Waals surface area contributed by atoms with Gasteiger partial charge < -0.3 is 19.9 Å². The topological polar surface area (TPSA) is 55.3 Å². The van der Waals surface area contributed by atoms with Crippen molar-refractivity contribution >= 4 is 23.1 Å². The van der Waals surface area contributed by atoms with Gasteiger partial charge in [0.2, 0.25) is 0 Å². The highest BCUT2D eigenvalue weighted by molar-refractivity contribution is 7.14. The number of aromatic nitrogens is 1. The number of rotatable bonds is 5. The van der Waals surface area contributed by atoms with E-state index in [0.29, 0.717) is 18.0 Å². The number of urea groups is 1. The average Bonchev–Trinajstić information content (AvgIpc) is 3.34. The fraction of sp³-hybridized carbons (Fsp3) is 0.286. The molecule has 1 aliphatic carbocycles. The normalized spacial score (nSPS) is 13.1. The van der Waals surface area contributed by atoms with Crippen molar-refractivity contribution in [1.29, 1.82) is 0 Å². The van der Waals surface area contributed by atoms with Crippen molar-refractivity contribution in [2.75, 3.05) is 12.4 Å². The molecule has 0 spiro atoms. The van der Waals surface area contributed by atoms with Crippen LogP contribution in [-0.2, 0) is 19.4 Å². The number of benzene rings is 1. The number of hydrogen-bond acceptors (Lipinski definition) is 3. The molecule has 0 bridgehead atoms. The first-order valence-electron chi connectivity index (χ1n) is 9.21. The van der Waals surface area contributed by atoms with Crippen LogP contribution >= 0.6 is 11.3 Å². The second-order valence-corrected chi connectivity index (χ2v) is 7.68. The molecule has 3 aromatic rings. The van der Waals surface area contributed by atoms with E-state index in [1.54, 1.807) is 7.11 Å². The molecule has 6 heteroatoms. The van der Waals surface area contributed by atoms with Crippen LogP contribution in [0.3, 0.4) is 0 Å². The van der Waals surface area contributed by atoms with E-state index in [1.165, 1.54) is 33.8 Å². The molecule has 1 aromatic carbocycles. The van der Waals surface area contributed by atoms with Crippen LogP contribution in [-0.4, -0.2) is 17.7 Å². The highest BCUT2D eigenvalue weighted by Crippen LogP contribution is 2.36. The number of nitrogens with zero attached hydrogens (tertiary/aromatic N) is 1. The number of carbonyl (C=O) groups is 1. The summed E-state index contributed by atoms with van der Waals surface area (Å²) in [6.07, 6.45) is 8.83. The summed E-state index contributed by atoms with van der Waals surface area (Å²) in [6, 6.07) is 11.2. The van der Waals surface area contributed by atoms with Gasteiger partial charge in [-0.1, -0.05) is 12.1 Å². The second kappa shape index (κ2) is 7.88. The maximum atomic E-state index is 12.5. The maximum absolute atomic E-state index is 12.5. The van der Waals surface area contributed by atoms with Crippen molar-refractivity contribution in [2.24, 2.45) is 0 Å². The van der Waals surface area contributed by atoms with E-state index in [0.717, 1.165) is 12.8 Å². The first kappa shape index (κ1) is 17.7. The van der Waals surface area contributed by atoms with Gasteiger partial charge in [-0.3, -0.25) is 0 Å². The van der Waals surface area contributed by atoms with Gasteiger partial charge in [0.25, 0.3) is 0 Å². The molecule has 0 aliphatic heterocycles. The van der Waals surface area contributed by atoms with E-state index in [2.05, 4.69) is 27.6 Å². The Bertz CT molecular complexity index is 931. The standard InChI is InChI=1S/C21H23N3O2S/c1-26-18-10-4-3-9-17(18)23-21(25)22-14-16-15-8-2-5-11-19(15)27-20(16)24-12-6-7-13-24/h3-4,6-7,9-10,12-13H,2,5,8,11,14H2,1H3,(H2,22,23,25). The summed E-state index contributed by atoms with van der Waals surface area (Å²) in [5, 5.41) is 7.12. The number of aryl methyl sites for hydroxylation is 1. The largest absolute Gasteiger partial charge is 0.495 e. The number of methoxy groups -OCH3 is 1. The minimum atomic E-state index is -0.228. The summed E-state index contributed by atoms with van der Waals surface area (Å²) in [7, 11) is 1.60. The molecule has 0 saturated heterocycles. The first-order valence-corrected chi connectivity index (χ1v) is 10.0. The highest BCUT2D eigenvalue weighted by atomic mass is 32.1. The fourth-order valence-corrected chi connectivity index (χ4v) is 4.93. The van der Waals surface area contributed by atoms with Crippen LogP contribution in [0.25, 0.3) is 5.00 Å². The number of para-hydroxylation sites is 2. The Morgan fingerprint density at radius 3 is 2.74 bits per heavy atom. The number of nitrogens with one attached hydrogen (secondary N) is 2. The van der Waals surface area contributed by atoms with Gasteiger partial charge in [0, 0.05) is 29.4 Å². The third-order valence-electron chi connectivity index (χ3n) is 4.88. The molecule has 0 fully saturated rings. The lowest BCUT2D eigenvalue weighted by Gasteiger charge is -2.15. The molecule has 0 saturated carbocycles. The van der Waals surface area contributed by atoms with E-state index in [4.69, 9.17) is 4.74 Å². The number of hydrogen-bond donors (Lipinski definition) is 2. The summed E-state index contributed by atoms with van der Waals surface area (Å²) in [6.45, 7) is 0.514. The van der Waals surface area contributed by atoms with Crippen molar-refractivity contribution in [2.45, 2.75) is 32.2 Å². The van der Waals surface area contributed by atoms with Gasteiger partial charge in [-0.25, -0.2) is 4.79 Å². The molecule has 0 unspecified atom stereocenters. The van der Waals surface area contributed by atoms with Crippen molar-refractivity contribution in [1.82, 2.24) is 9.88 Å². The Balaban J connectivity index is 1.52. The van der Waals surface area contributed by atoms with E-state index in [-0.39, 0.29) is 6.03 Å². The summed E-state index contributed by atoms with van der Waals surface area (Å²) < 4.78 is 7.45. The van der Waals surface area contributed by atoms with Crippen LogP contribution in [0.1, 0.15) is 28.8 Å². The molecule has 2 N–H and O–H groups in total.